The van der Waals surface area contributed by atoms with Crippen molar-refractivity contribution in [3.63, 3.8) is 0 Å². The Kier molecular flexibility index (Phi) is 4.37. The van der Waals surface area contributed by atoms with Gasteiger partial charge in [-0.05, 0) is 54.0 Å². The molecule has 0 radical (unpaired) electrons. The molecule has 1 heterocycles. The fraction of sp³-hybridized carbons (Fsp3) is 0.357. The molecule has 0 saturated carbocycles. The van der Waals surface area contributed by atoms with E-state index in [4.69, 9.17) is 0 Å². The Morgan fingerprint density at radius 3 is 2.79 bits per heavy atom. The van der Waals surface area contributed by atoms with Gasteiger partial charge in [0.1, 0.15) is 5.82 Å². The molecule has 2 aromatic rings. The smallest absolute Gasteiger partial charge is 0.137 e. The lowest BCUT2D eigenvalue weighted by molar-refractivity contribution is 0.533. The highest BCUT2D eigenvalue weighted by atomic mass is 79.9. The van der Waals surface area contributed by atoms with Crippen LogP contribution in [0.15, 0.2) is 28.7 Å². The second-order valence-corrected chi connectivity index (χ2v) is 5.39. The predicted molar refractivity (Wildman–Crippen MR) is 77.5 cm³/mol. The van der Waals surface area contributed by atoms with Crippen LogP contribution in [0, 0.1) is 12.7 Å². The average molecular weight is 326 g/mol. The molecule has 1 N–H and O–H groups in total. The van der Waals surface area contributed by atoms with Crippen LogP contribution in [-0.2, 0) is 13.5 Å². The summed E-state index contributed by atoms with van der Waals surface area (Å²) in [5, 5.41) is 7.62. The Morgan fingerprint density at radius 2 is 2.21 bits per heavy atom. The van der Waals surface area contributed by atoms with Crippen LogP contribution in [0.25, 0.3) is 0 Å². The fourth-order valence-corrected chi connectivity index (χ4v) is 2.66. The first-order chi connectivity index (χ1) is 9.02. The molecule has 0 aliphatic heterocycles. The number of rotatable bonds is 4. The molecule has 0 amide bonds. The summed E-state index contributed by atoms with van der Waals surface area (Å²) in [6, 6.07) is 7.27. The van der Waals surface area contributed by atoms with Crippen LogP contribution in [0.3, 0.4) is 0 Å². The molecule has 0 saturated heterocycles. The normalized spacial score (nSPS) is 12.7. The minimum Gasteiger partial charge on any atom is -0.311 e. The lowest BCUT2D eigenvalue weighted by Crippen LogP contribution is -2.21. The molecular weight excluding hydrogens is 309 g/mol. The number of hydrogen-bond acceptors (Lipinski definition) is 2. The number of nitrogens with zero attached hydrogens (tertiary/aromatic N) is 2. The number of likely N-dealkylation sites (N-methyl/N-ethyl adjacent to an activating group) is 1. The van der Waals surface area contributed by atoms with E-state index in [1.807, 2.05) is 37.8 Å². The third kappa shape index (κ3) is 3.04. The van der Waals surface area contributed by atoms with E-state index in [-0.39, 0.29) is 11.9 Å². The zero-order valence-corrected chi connectivity index (χ0v) is 12.8. The second kappa shape index (κ2) is 5.84. The summed E-state index contributed by atoms with van der Waals surface area (Å²) in [5.41, 5.74) is 3.02. The maximum Gasteiger partial charge on any atom is 0.137 e. The molecule has 1 unspecified atom stereocenters. The summed E-state index contributed by atoms with van der Waals surface area (Å²) in [5.74, 6) is -0.228. The molecule has 1 aromatic carbocycles. The molecule has 2 rings (SSSR count). The minimum absolute atomic E-state index is 0.101. The van der Waals surface area contributed by atoms with Crippen molar-refractivity contribution in [2.45, 2.75) is 19.4 Å². The standard InChI is InChI=1S/C14H17BrFN3/c1-9-7-13(19(3)18-9)12(17-2)8-10-5-4-6-11(16)14(10)15/h4-7,12,17H,8H2,1-3H3. The van der Waals surface area contributed by atoms with Gasteiger partial charge in [-0.2, -0.15) is 5.10 Å². The van der Waals surface area contributed by atoms with Gasteiger partial charge in [-0.15, -0.1) is 0 Å². The largest absolute Gasteiger partial charge is 0.311 e. The Hall–Kier alpha value is -1.20. The van der Waals surface area contributed by atoms with Crippen molar-refractivity contribution in [1.29, 1.82) is 0 Å². The number of benzene rings is 1. The Balaban J connectivity index is 2.29. The van der Waals surface area contributed by atoms with Crippen LogP contribution in [0.5, 0.6) is 0 Å². The number of hydrogen-bond donors (Lipinski definition) is 1. The van der Waals surface area contributed by atoms with Crippen molar-refractivity contribution >= 4 is 15.9 Å². The first-order valence-electron chi connectivity index (χ1n) is 6.13. The van der Waals surface area contributed by atoms with E-state index < -0.39 is 0 Å². The molecule has 1 aromatic heterocycles. The van der Waals surface area contributed by atoms with Gasteiger partial charge < -0.3 is 5.32 Å². The SMILES string of the molecule is CNC(Cc1cccc(F)c1Br)c1cc(C)nn1C. The zero-order chi connectivity index (χ0) is 14.0. The summed E-state index contributed by atoms with van der Waals surface area (Å²) >= 11 is 3.31. The zero-order valence-electron chi connectivity index (χ0n) is 11.2. The first kappa shape index (κ1) is 14.2. The fourth-order valence-electron chi connectivity index (χ4n) is 2.24. The molecule has 0 aliphatic rings. The van der Waals surface area contributed by atoms with Crippen molar-refractivity contribution in [2.75, 3.05) is 7.05 Å². The van der Waals surface area contributed by atoms with Crippen molar-refractivity contribution in [3.05, 3.63) is 51.5 Å². The van der Waals surface area contributed by atoms with Gasteiger partial charge in [0.2, 0.25) is 0 Å². The Labute approximate surface area is 121 Å². The van der Waals surface area contributed by atoms with Gasteiger partial charge in [0, 0.05) is 7.05 Å². The van der Waals surface area contributed by atoms with E-state index in [1.54, 1.807) is 6.07 Å². The molecule has 102 valence electrons. The van der Waals surface area contributed by atoms with Gasteiger partial charge in [0.25, 0.3) is 0 Å². The van der Waals surface area contributed by atoms with E-state index in [0.29, 0.717) is 10.9 Å². The van der Waals surface area contributed by atoms with Gasteiger partial charge in [0.05, 0.1) is 21.9 Å². The predicted octanol–water partition coefficient (Wildman–Crippen LogP) is 3.13. The van der Waals surface area contributed by atoms with Crippen molar-refractivity contribution in [1.82, 2.24) is 15.1 Å². The molecule has 1 atom stereocenters. The molecule has 19 heavy (non-hydrogen) atoms. The quantitative estimate of drug-likeness (QED) is 0.935. The van der Waals surface area contributed by atoms with E-state index in [0.717, 1.165) is 17.0 Å². The lowest BCUT2D eigenvalue weighted by Gasteiger charge is -2.17. The van der Waals surface area contributed by atoms with E-state index in [9.17, 15) is 4.39 Å². The monoisotopic (exact) mass is 325 g/mol. The topological polar surface area (TPSA) is 29.9 Å². The van der Waals surface area contributed by atoms with Gasteiger partial charge in [-0.3, -0.25) is 4.68 Å². The number of halogens is 2. The summed E-state index contributed by atoms with van der Waals surface area (Å²) in [6.07, 6.45) is 0.702. The van der Waals surface area contributed by atoms with Gasteiger partial charge in [-0.25, -0.2) is 4.39 Å². The van der Waals surface area contributed by atoms with Crippen LogP contribution in [0.4, 0.5) is 4.39 Å². The third-order valence-corrected chi connectivity index (χ3v) is 4.09. The van der Waals surface area contributed by atoms with Crippen molar-refractivity contribution in [3.8, 4) is 0 Å². The summed E-state index contributed by atoms with van der Waals surface area (Å²) < 4.78 is 15.9. The van der Waals surface area contributed by atoms with Gasteiger partial charge in [-0.1, -0.05) is 12.1 Å². The molecular formula is C14H17BrFN3. The van der Waals surface area contributed by atoms with Crippen molar-refractivity contribution in [2.24, 2.45) is 7.05 Å². The molecule has 3 nitrogen and oxygen atoms in total. The first-order valence-corrected chi connectivity index (χ1v) is 6.93. The summed E-state index contributed by atoms with van der Waals surface area (Å²) in [7, 11) is 3.83. The van der Waals surface area contributed by atoms with Crippen LogP contribution >= 0.6 is 15.9 Å². The van der Waals surface area contributed by atoms with Crippen LogP contribution in [-0.4, -0.2) is 16.8 Å². The van der Waals surface area contributed by atoms with Crippen LogP contribution in [0.1, 0.15) is 23.0 Å². The maximum absolute atomic E-state index is 13.5. The van der Waals surface area contributed by atoms with E-state index in [2.05, 4.69) is 26.3 Å². The molecule has 0 bridgehead atoms. The number of nitrogens with one attached hydrogen (secondary N) is 1. The lowest BCUT2D eigenvalue weighted by atomic mass is 10.0. The molecule has 0 fully saturated rings. The molecule has 5 heteroatoms. The number of aromatic nitrogens is 2. The molecule has 0 spiro atoms. The van der Waals surface area contributed by atoms with Crippen LogP contribution < -0.4 is 5.32 Å². The van der Waals surface area contributed by atoms with Crippen LogP contribution in [0.2, 0.25) is 0 Å². The minimum atomic E-state index is -0.228. The summed E-state index contributed by atoms with van der Waals surface area (Å²) in [4.78, 5) is 0. The van der Waals surface area contributed by atoms with E-state index >= 15 is 0 Å². The number of aryl methyl sites for hydroxylation is 2. The Morgan fingerprint density at radius 1 is 1.47 bits per heavy atom. The molecule has 0 aliphatic carbocycles. The van der Waals surface area contributed by atoms with Crippen molar-refractivity contribution < 1.29 is 4.39 Å². The maximum atomic E-state index is 13.5. The Bertz CT molecular complexity index is 580. The van der Waals surface area contributed by atoms with Gasteiger partial charge >= 0.3 is 0 Å². The summed E-state index contributed by atoms with van der Waals surface area (Å²) in [6.45, 7) is 1.97. The highest BCUT2D eigenvalue weighted by Crippen LogP contribution is 2.26. The highest BCUT2D eigenvalue weighted by Gasteiger charge is 2.17. The average Bonchev–Trinajstić information content (AvgIpc) is 2.70. The second-order valence-electron chi connectivity index (χ2n) is 4.59. The van der Waals surface area contributed by atoms with E-state index in [1.165, 1.54) is 6.07 Å². The highest BCUT2D eigenvalue weighted by molar-refractivity contribution is 9.10. The third-order valence-electron chi connectivity index (χ3n) is 3.20. The van der Waals surface area contributed by atoms with Gasteiger partial charge in [0.15, 0.2) is 0 Å².